The molecule has 0 aliphatic heterocycles. The van der Waals surface area contributed by atoms with Crippen molar-refractivity contribution in [1.29, 1.82) is 0 Å². The molecule has 0 atom stereocenters. The molecule has 4 rings (SSSR count). The van der Waals surface area contributed by atoms with Gasteiger partial charge in [-0.05, 0) is 62.7 Å². The number of carbonyl (C=O) groups is 1. The lowest BCUT2D eigenvalue weighted by Gasteiger charge is -2.12. The number of aryl methyl sites for hydroxylation is 2. The number of aromatic nitrogens is 1. The Morgan fingerprint density at radius 3 is 2.58 bits per heavy atom. The molecule has 6 heteroatoms. The third-order valence-corrected chi connectivity index (χ3v) is 5.20. The summed E-state index contributed by atoms with van der Waals surface area (Å²) in [5.41, 5.74) is 5.15. The molecule has 0 fully saturated rings. The number of ether oxygens (including phenoxy) is 2. The van der Waals surface area contributed by atoms with E-state index in [1.165, 1.54) is 0 Å². The molecule has 0 radical (unpaired) electrons. The molecule has 4 aromatic rings. The summed E-state index contributed by atoms with van der Waals surface area (Å²) in [4.78, 5) is 12.5. The van der Waals surface area contributed by atoms with Crippen LogP contribution in [0.1, 0.15) is 34.1 Å². The number of nitrogens with one attached hydrogen (secondary N) is 1. The summed E-state index contributed by atoms with van der Waals surface area (Å²) in [6.45, 7) is 7.20. The molecule has 1 aromatic heterocycles. The van der Waals surface area contributed by atoms with Crippen molar-refractivity contribution in [3.63, 3.8) is 0 Å². The Bertz CT molecular complexity index is 1250. The minimum Gasteiger partial charge on any atom is -0.494 e. The van der Waals surface area contributed by atoms with Gasteiger partial charge in [-0.3, -0.25) is 0 Å². The average Bonchev–Trinajstić information content (AvgIpc) is 3.31. The van der Waals surface area contributed by atoms with E-state index < -0.39 is 5.97 Å². The third kappa shape index (κ3) is 5.41. The molecular formula is C27H26N2O4. The lowest BCUT2D eigenvalue weighted by Crippen LogP contribution is -2.08. The topological polar surface area (TPSA) is 73.6 Å². The number of rotatable bonds is 8. The zero-order valence-electron chi connectivity index (χ0n) is 18.9. The molecule has 0 saturated heterocycles. The first kappa shape index (κ1) is 22.1. The maximum atomic E-state index is 12.5. The van der Waals surface area contributed by atoms with Gasteiger partial charge in [0.1, 0.15) is 11.5 Å². The lowest BCUT2D eigenvalue weighted by atomic mass is 10.0. The fourth-order valence-electron chi connectivity index (χ4n) is 3.44. The lowest BCUT2D eigenvalue weighted by molar-refractivity contribution is 0.0724. The van der Waals surface area contributed by atoms with Gasteiger partial charge >= 0.3 is 5.97 Å². The highest BCUT2D eigenvalue weighted by Gasteiger charge is 2.17. The standard InChI is InChI=1S/C27H26N2O4/c1-4-31-25-8-6-5-7-20(25)17-28-21-11-13-22(14-12-21)32-27(30)24-16-26(33-29-24)23-15-18(2)9-10-19(23)3/h5-16,28H,4,17H2,1-3H3. The molecule has 3 aromatic carbocycles. The quantitative estimate of drug-likeness (QED) is 0.259. The predicted molar refractivity (Wildman–Crippen MR) is 128 cm³/mol. The Balaban J connectivity index is 1.38. The van der Waals surface area contributed by atoms with E-state index in [0.717, 1.165) is 33.7 Å². The van der Waals surface area contributed by atoms with Gasteiger partial charge in [0.2, 0.25) is 0 Å². The monoisotopic (exact) mass is 442 g/mol. The van der Waals surface area contributed by atoms with Gasteiger partial charge in [0.15, 0.2) is 11.5 Å². The highest BCUT2D eigenvalue weighted by molar-refractivity contribution is 5.90. The summed E-state index contributed by atoms with van der Waals surface area (Å²) in [5, 5.41) is 7.25. The van der Waals surface area contributed by atoms with Gasteiger partial charge in [0.05, 0.1) is 6.61 Å². The Labute approximate surface area is 193 Å². The Morgan fingerprint density at radius 1 is 1.00 bits per heavy atom. The van der Waals surface area contributed by atoms with Crippen LogP contribution in [-0.2, 0) is 6.54 Å². The van der Waals surface area contributed by atoms with Gasteiger partial charge < -0.3 is 19.3 Å². The molecule has 0 aliphatic carbocycles. The largest absolute Gasteiger partial charge is 0.494 e. The summed E-state index contributed by atoms with van der Waals surface area (Å²) in [6.07, 6.45) is 0. The van der Waals surface area contributed by atoms with E-state index >= 15 is 0 Å². The highest BCUT2D eigenvalue weighted by atomic mass is 16.5. The maximum absolute atomic E-state index is 12.5. The highest BCUT2D eigenvalue weighted by Crippen LogP contribution is 2.26. The normalized spacial score (nSPS) is 10.6. The first-order valence-electron chi connectivity index (χ1n) is 10.8. The van der Waals surface area contributed by atoms with Crippen LogP contribution in [0.5, 0.6) is 11.5 Å². The first-order valence-corrected chi connectivity index (χ1v) is 10.8. The molecule has 0 spiro atoms. The van der Waals surface area contributed by atoms with Crippen molar-refractivity contribution in [2.45, 2.75) is 27.3 Å². The van der Waals surface area contributed by atoms with Crippen LogP contribution in [0.2, 0.25) is 0 Å². The van der Waals surface area contributed by atoms with E-state index in [1.807, 2.05) is 75.4 Å². The second-order valence-corrected chi connectivity index (χ2v) is 7.70. The Hall–Kier alpha value is -4.06. The van der Waals surface area contributed by atoms with Crippen molar-refractivity contribution in [2.24, 2.45) is 0 Å². The number of esters is 1. The second kappa shape index (κ2) is 10.0. The van der Waals surface area contributed by atoms with Crippen LogP contribution in [0.3, 0.4) is 0 Å². The molecule has 0 bridgehead atoms. The van der Waals surface area contributed by atoms with Gasteiger partial charge in [-0.1, -0.05) is 41.1 Å². The smallest absolute Gasteiger partial charge is 0.365 e. The Kier molecular flexibility index (Phi) is 6.74. The molecule has 0 aliphatic rings. The number of para-hydroxylation sites is 1. The number of carbonyl (C=O) groups excluding carboxylic acids is 1. The van der Waals surface area contributed by atoms with Crippen LogP contribution < -0.4 is 14.8 Å². The van der Waals surface area contributed by atoms with E-state index in [4.69, 9.17) is 14.0 Å². The van der Waals surface area contributed by atoms with Crippen molar-refractivity contribution in [1.82, 2.24) is 5.16 Å². The van der Waals surface area contributed by atoms with Gasteiger partial charge in [-0.2, -0.15) is 0 Å². The predicted octanol–water partition coefficient (Wildman–Crippen LogP) is 6.19. The molecule has 0 amide bonds. The van der Waals surface area contributed by atoms with E-state index in [9.17, 15) is 4.79 Å². The summed E-state index contributed by atoms with van der Waals surface area (Å²) >= 11 is 0. The number of hydrogen-bond donors (Lipinski definition) is 1. The van der Waals surface area contributed by atoms with E-state index in [0.29, 0.717) is 24.7 Å². The fraction of sp³-hybridized carbons (Fsp3) is 0.185. The van der Waals surface area contributed by atoms with Gasteiger partial charge in [0, 0.05) is 29.4 Å². The molecule has 168 valence electrons. The molecule has 0 saturated carbocycles. The van der Waals surface area contributed by atoms with Crippen LogP contribution in [0.4, 0.5) is 5.69 Å². The van der Waals surface area contributed by atoms with Gasteiger partial charge in [-0.25, -0.2) is 4.79 Å². The van der Waals surface area contributed by atoms with Crippen LogP contribution in [0, 0.1) is 13.8 Å². The minimum atomic E-state index is -0.568. The van der Waals surface area contributed by atoms with E-state index in [2.05, 4.69) is 10.5 Å². The van der Waals surface area contributed by atoms with Crippen molar-refractivity contribution in [3.8, 4) is 22.8 Å². The summed E-state index contributed by atoms with van der Waals surface area (Å²) in [5.74, 6) is 1.26. The van der Waals surface area contributed by atoms with Gasteiger partial charge in [-0.15, -0.1) is 0 Å². The number of anilines is 1. The molecular weight excluding hydrogens is 416 g/mol. The SMILES string of the molecule is CCOc1ccccc1CNc1ccc(OC(=O)c2cc(-c3cc(C)ccc3C)on2)cc1. The summed E-state index contributed by atoms with van der Waals surface area (Å²) < 4.78 is 16.5. The van der Waals surface area contributed by atoms with Crippen LogP contribution >= 0.6 is 0 Å². The number of hydrogen-bond acceptors (Lipinski definition) is 6. The zero-order chi connectivity index (χ0) is 23.2. The summed E-state index contributed by atoms with van der Waals surface area (Å²) in [7, 11) is 0. The van der Waals surface area contributed by atoms with Crippen LogP contribution in [0.25, 0.3) is 11.3 Å². The van der Waals surface area contributed by atoms with Crippen molar-refractivity contribution < 1.29 is 18.8 Å². The fourth-order valence-corrected chi connectivity index (χ4v) is 3.44. The number of nitrogens with zero attached hydrogens (tertiary/aromatic N) is 1. The van der Waals surface area contributed by atoms with Crippen LogP contribution in [-0.4, -0.2) is 17.7 Å². The van der Waals surface area contributed by atoms with E-state index in [-0.39, 0.29) is 5.69 Å². The number of benzene rings is 3. The third-order valence-electron chi connectivity index (χ3n) is 5.20. The van der Waals surface area contributed by atoms with E-state index in [1.54, 1.807) is 18.2 Å². The molecule has 1 heterocycles. The maximum Gasteiger partial charge on any atom is 0.365 e. The molecule has 33 heavy (non-hydrogen) atoms. The average molecular weight is 443 g/mol. The zero-order valence-corrected chi connectivity index (χ0v) is 18.9. The van der Waals surface area contributed by atoms with Crippen molar-refractivity contribution in [3.05, 3.63) is 95.2 Å². The van der Waals surface area contributed by atoms with Crippen molar-refractivity contribution in [2.75, 3.05) is 11.9 Å². The molecule has 1 N–H and O–H groups in total. The molecule has 0 unspecified atom stereocenters. The first-order chi connectivity index (χ1) is 16.0. The Morgan fingerprint density at radius 2 is 1.79 bits per heavy atom. The minimum absolute atomic E-state index is 0.126. The summed E-state index contributed by atoms with van der Waals surface area (Å²) in [6, 6.07) is 22.8. The molecule has 6 nitrogen and oxygen atoms in total. The van der Waals surface area contributed by atoms with Gasteiger partial charge in [0.25, 0.3) is 0 Å². The van der Waals surface area contributed by atoms with Crippen LogP contribution in [0.15, 0.2) is 77.3 Å². The second-order valence-electron chi connectivity index (χ2n) is 7.70. The van der Waals surface area contributed by atoms with Crippen molar-refractivity contribution >= 4 is 11.7 Å².